The van der Waals surface area contributed by atoms with E-state index < -0.39 is 12.0 Å². The van der Waals surface area contributed by atoms with Gasteiger partial charge in [0.1, 0.15) is 0 Å². The van der Waals surface area contributed by atoms with Crippen molar-refractivity contribution >= 4 is 0 Å². The lowest BCUT2D eigenvalue weighted by molar-refractivity contribution is -0.0335. The summed E-state index contributed by atoms with van der Waals surface area (Å²) < 4.78 is 24.2. The van der Waals surface area contributed by atoms with Crippen LogP contribution in [0.3, 0.4) is 0 Å². The molecule has 2 rings (SSSR count). The van der Waals surface area contributed by atoms with Crippen LogP contribution < -0.4 is 5.73 Å². The molecule has 0 aromatic carbocycles. The van der Waals surface area contributed by atoms with Crippen molar-refractivity contribution in [2.24, 2.45) is 11.1 Å². The first kappa shape index (κ1) is 6.53. The summed E-state index contributed by atoms with van der Waals surface area (Å²) in [6, 6.07) is 0. The van der Waals surface area contributed by atoms with Crippen LogP contribution >= 0.6 is 0 Å². The summed E-state index contributed by atoms with van der Waals surface area (Å²) in [7, 11) is 0. The normalized spacial score (nSPS) is 32.4. The van der Waals surface area contributed by atoms with Gasteiger partial charge in [0.05, 0.1) is 5.54 Å². The Labute approximate surface area is 58.6 Å². The van der Waals surface area contributed by atoms with Gasteiger partial charge >= 0.3 is 0 Å². The summed E-state index contributed by atoms with van der Waals surface area (Å²) in [5.41, 5.74) is 4.58. The maximum atomic E-state index is 12.1. The van der Waals surface area contributed by atoms with Crippen LogP contribution in [0.4, 0.5) is 8.78 Å². The molecule has 3 heteroatoms. The highest BCUT2D eigenvalue weighted by Crippen LogP contribution is 2.65. The summed E-state index contributed by atoms with van der Waals surface area (Å²) in [5, 5.41) is 0. The van der Waals surface area contributed by atoms with E-state index in [1.54, 1.807) is 0 Å². The van der Waals surface area contributed by atoms with Gasteiger partial charge in [0.25, 0.3) is 6.43 Å². The van der Waals surface area contributed by atoms with Gasteiger partial charge in [-0.3, -0.25) is 0 Å². The largest absolute Gasteiger partial charge is 0.320 e. The van der Waals surface area contributed by atoms with E-state index in [0.29, 0.717) is 12.8 Å². The van der Waals surface area contributed by atoms with Crippen LogP contribution in [0.15, 0.2) is 0 Å². The molecule has 0 amide bonds. The van der Waals surface area contributed by atoms with Crippen molar-refractivity contribution in [3.05, 3.63) is 0 Å². The third-order valence-corrected chi connectivity index (χ3v) is 2.80. The minimum Gasteiger partial charge on any atom is -0.320 e. The summed E-state index contributed by atoms with van der Waals surface area (Å²) in [6.07, 6.45) is 1.03. The average Bonchev–Trinajstić information content (AvgIpc) is 2.44. The van der Waals surface area contributed by atoms with Crippen LogP contribution in [0, 0.1) is 5.41 Å². The van der Waals surface area contributed by atoms with Crippen LogP contribution in [0.25, 0.3) is 0 Å². The molecule has 58 valence electrons. The topological polar surface area (TPSA) is 26.0 Å². The number of hydrogen-bond acceptors (Lipinski definition) is 1. The van der Waals surface area contributed by atoms with Gasteiger partial charge < -0.3 is 5.73 Å². The van der Waals surface area contributed by atoms with Crippen molar-refractivity contribution in [2.75, 3.05) is 0 Å². The van der Waals surface area contributed by atoms with Gasteiger partial charge in [-0.1, -0.05) is 0 Å². The molecule has 2 saturated carbocycles. The van der Waals surface area contributed by atoms with E-state index in [2.05, 4.69) is 0 Å². The lowest BCUT2D eigenvalue weighted by Gasteiger charge is -2.45. The molecule has 0 radical (unpaired) electrons. The van der Waals surface area contributed by atoms with Crippen molar-refractivity contribution in [3.63, 3.8) is 0 Å². The van der Waals surface area contributed by atoms with Crippen LogP contribution in [-0.4, -0.2) is 12.0 Å². The SMILES string of the molecule is NC1(C(F)F)CC2(CC2)C1. The van der Waals surface area contributed by atoms with Crippen molar-refractivity contribution < 1.29 is 8.78 Å². The molecule has 2 aliphatic rings. The van der Waals surface area contributed by atoms with E-state index >= 15 is 0 Å². The van der Waals surface area contributed by atoms with Gasteiger partial charge in [-0.05, 0) is 31.1 Å². The van der Waals surface area contributed by atoms with Crippen LogP contribution in [0.2, 0.25) is 0 Å². The van der Waals surface area contributed by atoms with Crippen molar-refractivity contribution in [1.29, 1.82) is 0 Å². The molecule has 0 heterocycles. The van der Waals surface area contributed by atoms with Gasteiger partial charge in [-0.25, -0.2) is 8.78 Å². The molecule has 0 aliphatic heterocycles. The quantitative estimate of drug-likeness (QED) is 0.598. The Balaban J connectivity index is 1.97. The lowest BCUT2D eigenvalue weighted by Crippen LogP contribution is -2.58. The molecular formula is C7H11F2N. The maximum Gasteiger partial charge on any atom is 0.256 e. The molecule has 2 fully saturated rings. The monoisotopic (exact) mass is 147 g/mol. The second-order valence-electron chi connectivity index (χ2n) is 3.89. The molecule has 0 aromatic rings. The predicted octanol–water partition coefficient (Wildman–Crippen LogP) is 1.52. The van der Waals surface area contributed by atoms with Gasteiger partial charge in [-0.15, -0.1) is 0 Å². The Hall–Kier alpha value is -0.180. The van der Waals surface area contributed by atoms with E-state index in [-0.39, 0.29) is 5.41 Å². The highest BCUT2D eigenvalue weighted by Gasteiger charge is 2.62. The number of rotatable bonds is 1. The molecule has 2 aliphatic carbocycles. The Morgan fingerprint density at radius 1 is 1.20 bits per heavy atom. The summed E-state index contributed by atoms with van der Waals surface area (Å²) in [5.74, 6) is 0. The Bertz CT molecular complexity index is 155. The van der Waals surface area contributed by atoms with Gasteiger partial charge in [0, 0.05) is 0 Å². The molecule has 0 unspecified atom stereocenters. The van der Waals surface area contributed by atoms with E-state index in [4.69, 9.17) is 5.73 Å². The highest BCUT2D eigenvalue weighted by molar-refractivity contribution is 5.15. The van der Waals surface area contributed by atoms with Gasteiger partial charge in [0.2, 0.25) is 0 Å². The van der Waals surface area contributed by atoms with E-state index in [1.165, 1.54) is 0 Å². The summed E-state index contributed by atoms with van der Waals surface area (Å²) >= 11 is 0. The fourth-order valence-corrected chi connectivity index (χ4v) is 2.03. The summed E-state index contributed by atoms with van der Waals surface area (Å²) in [6.45, 7) is 0. The fourth-order valence-electron chi connectivity index (χ4n) is 2.03. The zero-order chi connectivity index (χ0) is 7.41. The van der Waals surface area contributed by atoms with Crippen molar-refractivity contribution in [1.82, 2.24) is 0 Å². The molecule has 2 N–H and O–H groups in total. The molecule has 0 aromatic heterocycles. The van der Waals surface area contributed by atoms with E-state index in [0.717, 1.165) is 12.8 Å². The second-order valence-corrected chi connectivity index (χ2v) is 3.89. The third-order valence-electron chi connectivity index (χ3n) is 2.80. The number of nitrogens with two attached hydrogens (primary N) is 1. The van der Waals surface area contributed by atoms with Crippen LogP contribution in [0.1, 0.15) is 25.7 Å². The Morgan fingerprint density at radius 2 is 1.70 bits per heavy atom. The molecular weight excluding hydrogens is 136 g/mol. The predicted molar refractivity (Wildman–Crippen MR) is 33.8 cm³/mol. The zero-order valence-corrected chi connectivity index (χ0v) is 5.74. The molecule has 1 spiro atoms. The Morgan fingerprint density at radius 3 is 2.00 bits per heavy atom. The summed E-state index contributed by atoms with van der Waals surface area (Å²) in [4.78, 5) is 0. The Kier molecular flexibility index (Phi) is 0.994. The van der Waals surface area contributed by atoms with Gasteiger partial charge in [-0.2, -0.15) is 0 Å². The first-order chi connectivity index (χ1) is 4.56. The molecule has 0 atom stereocenters. The first-order valence-electron chi connectivity index (χ1n) is 3.64. The maximum absolute atomic E-state index is 12.1. The average molecular weight is 147 g/mol. The number of hydrogen-bond donors (Lipinski definition) is 1. The van der Waals surface area contributed by atoms with Gasteiger partial charge in [0.15, 0.2) is 0 Å². The smallest absolute Gasteiger partial charge is 0.256 e. The molecule has 0 bridgehead atoms. The van der Waals surface area contributed by atoms with Crippen molar-refractivity contribution in [2.45, 2.75) is 37.6 Å². The lowest BCUT2D eigenvalue weighted by atomic mass is 9.66. The highest BCUT2D eigenvalue weighted by atomic mass is 19.3. The minimum atomic E-state index is -2.32. The third kappa shape index (κ3) is 0.698. The fraction of sp³-hybridized carbons (Fsp3) is 1.00. The first-order valence-corrected chi connectivity index (χ1v) is 3.64. The number of alkyl halides is 2. The van der Waals surface area contributed by atoms with Crippen molar-refractivity contribution in [3.8, 4) is 0 Å². The molecule has 1 nitrogen and oxygen atoms in total. The van der Waals surface area contributed by atoms with E-state index in [1.807, 2.05) is 0 Å². The minimum absolute atomic E-state index is 0.283. The van der Waals surface area contributed by atoms with Crippen LogP contribution in [0.5, 0.6) is 0 Å². The van der Waals surface area contributed by atoms with Crippen LogP contribution in [-0.2, 0) is 0 Å². The second kappa shape index (κ2) is 1.52. The number of halogens is 2. The molecule has 0 saturated heterocycles. The zero-order valence-electron chi connectivity index (χ0n) is 5.74. The van der Waals surface area contributed by atoms with E-state index in [9.17, 15) is 8.78 Å². The molecule has 10 heavy (non-hydrogen) atoms. The standard InChI is InChI=1S/C7H11F2N/c8-5(9)7(10)3-6(4-7)1-2-6/h5H,1-4,10H2.